The molecular weight excluding hydrogens is 411 g/mol. The lowest BCUT2D eigenvalue weighted by Gasteiger charge is -2.06. The average molecular weight is 425 g/mol. The van der Waals surface area contributed by atoms with Crippen LogP contribution < -0.4 is 10.0 Å². The number of hydrogen-bond donors (Lipinski definition) is 2. The van der Waals surface area contributed by atoms with E-state index in [0.717, 1.165) is 11.3 Å². The van der Waals surface area contributed by atoms with E-state index in [0.29, 0.717) is 22.1 Å². The molecule has 0 spiro atoms. The summed E-state index contributed by atoms with van der Waals surface area (Å²) in [5.41, 5.74) is 0.390. The van der Waals surface area contributed by atoms with Crippen LogP contribution in [0.4, 0.5) is 9.52 Å². The standard InChI is InChI=1S/C13H14ClFN4O3S3/c1-8(20)17-12-18-19-13(24-12)25(21,22)16-5-6-23-7-9-10(14)3-2-4-11(9)15/h2-4,16H,5-7H2,1H3,(H,17,18,20). The molecule has 1 aromatic heterocycles. The lowest BCUT2D eigenvalue weighted by Crippen LogP contribution is -2.26. The molecule has 7 nitrogen and oxygen atoms in total. The van der Waals surface area contributed by atoms with Crippen molar-refractivity contribution in [2.45, 2.75) is 17.0 Å². The van der Waals surface area contributed by atoms with Gasteiger partial charge in [0.2, 0.25) is 15.4 Å². The molecule has 2 aromatic rings. The van der Waals surface area contributed by atoms with Crippen LogP contribution in [0.3, 0.4) is 0 Å². The Morgan fingerprint density at radius 1 is 1.40 bits per heavy atom. The Morgan fingerprint density at radius 2 is 2.16 bits per heavy atom. The normalized spacial score (nSPS) is 11.5. The smallest absolute Gasteiger partial charge is 0.269 e. The number of hydrogen-bond acceptors (Lipinski definition) is 7. The van der Waals surface area contributed by atoms with E-state index in [1.807, 2.05) is 0 Å². The van der Waals surface area contributed by atoms with Gasteiger partial charge in [-0.25, -0.2) is 17.5 Å². The summed E-state index contributed by atoms with van der Waals surface area (Å²) >= 11 is 8.02. The van der Waals surface area contributed by atoms with Crippen molar-refractivity contribution in [1.29, 1.82) is 0 Å². The van der Waals surface area contributed by atoms with Crippen molar-refractivity contribution in [3.8, 4) is 0 Å². The van der Waals surface area contributed by atoms with E-state index in [1.165, 1.54) is 30.8 Å². The van der Waals surface area contributed by atoms with Gasteiger partial charge in [0.15, 0.2) is 0 Å². The Kier molecular flexibility index (Phi) is 7.14. The van der Waals surface area contributed by atoms with Crippen LogP contribution in [0.1, 0.15) is 12.5 Å². The molecule has 0 aliphatic heterocycles. The molecule has 1 heterocycles. The molecule has 2 rings (SSSR count). The first kappa shape index (κ1) is 20.0. The van der Waals surface area contributed by atoms with Gasteiger partial charge in [-0.15, -0.1) is 10.2 Å². The number of amides is 1. The van der Waals surface area contributed by atoms with Crippen molar-refractivity contribution >= 4 is 55.8 Å². The first-order valence-corrected chi connectivity index (χ1v) is 10.7. The highest BCUT2D eigenvalue weighted by molar-refractivity contribution is 7.98. The Hall–Kier alpha value is -1.27. The highest BCUT2D eigenvalue weighted by Crippen LogP contribution is 2.24. The molecular formula is C13H14ClFN4O3S3. The van der Waals surface area contributed by atoms with Gasteiger partial charge in [-0.2, -0.15) is 11.8 Å². The van der Waals surface area contributed by atoms with Crippen LogP contribution in [0.2, 0.25) is 5.02 Å². The molecule has 0 atom stereocenters. The fourth-order valence-electron chi connectivity index (χ4n) is 1.67. The van der Waals surface area contributed by atoms with Crippen molar-refractivity contribution in [2.24, 2.45) is 0 Å². The summed E-state index contributed by atoms with van der Waals surface area (Å²) in [7, 11) is -3.81. The molecule has 12 heteroatoms. The largest absolute Gasteiger partial charge is 0.301 e. The molecule has 0 aliphatic rings. The minimum atomic E-state index is -3.81. The summed E-state index contributed by atoms with van der Waals surface area (Å²) in [6.45, 7) is 1.42. The van der Waals surface area contributed by atoms with E-state index in [2.05, 4.69) is 20.2 Å². The van der Waals surface area contributed by atoms with Crippen molar-refractivity contribution in [3.63, 3.8) is 0 Å². The van der Waals surface area contributed by atoms with E-state index in [9.17, 15) is 17.6 Å². The van der Waals surface area contributed by atoms with Crippen LogP contribution in [-0.2, 0) is 20.6 Å². The number of halogens is 2. The van der Waals surface area contributed by atoms with E-state index >= 15 is 0 Å². The number of rotatable bonds is 8. The number of carbonyl (C=O) groups excluding carboxylic acids is 1. The second kappa shape index (κ2) is 8.90. The Balaban J connectivity index is 1.82. The van der Waals surface area contributed by atoms with E-state index < -0.39 is 10.0 Å². The van der Waals surface area contributed by atoms with Crippen LogP contribution in [0, 0.1) is 5.82 Å². The Labute approximate surface area is 157 Å². The average Bonchev–Trinajstić information content (AvgIpc) is 2.98. The minimum absolute atomic E-state index is 0.108. The van der Waals surface area contributed by atoms with Crippen LogP contribution in [0.15, 0.2) is 22.5 Å². The van der Waals surface area contributed by atoms with Gasteiger partial charge in [-0.1, -0.05) is 29.0 Å². The topological polar surface area (TPSA) is 101 Å². The third-order valence-corrected chi connectivity index (χ3v) is 6.77. The monoisotopic (exact) mass is 424 g/mol. The SMILES string of the molecule is CC(=O)Nc1nnc(S(=O)(=O)NCCSCc2c(F)cccc2Cl)s1. The second-order valence-electron chi connectivity index (χ2n) is 4.70. The summed E-state index contributed by atoms with van der Waals surface area (Å²) in [5.74, 6) is -0.00354. The summed E-state index contributed by atoms with van der Waals surface area (Å²) in [6, 6.07) is 4.45. The zero-order valence-corrected chi connectivity index (χ0v) is 16.2. The number of nitrogens with one attached hydrogen (secondary N) is 2. The molecule has 0 fully saturated rings. The first-order valence-electron chi connectivity index (χ1n) is 6.91. The number of anilines is 1. The summed E-state index contributed by atoms with van der Waals surface area (Å²) in [6.07, 6.45) is 0. The minimum Gasteiger partial charge on any atom is -0.301 e. The molecule has 0 bridgehead atoms. The van der Waals surface area contributed by atoms with Crippen molar-refractivity contribution in [2.75, 3.05) is 17.6 Å². The van der Waals surface area contributed by atoms with Crippen LogP contribution in [0.25, 0.3) is 0 Å². The number of aromatic nitrogens is 2. The quantitative estimate of drug-likeness (QED) is 0.498. The molecule has 2 N–H and O–H groups in total. The summed E-state index contributed by atoms with van der Waals surface area (Å²) < 4.78 is 39.9. The maximum Gasteiger partial charge on any atom is 0.269 e. The van der Waals surface area contributed by atoms with Gasteiger partial charge in [-0.3, -0.25) is 4.79 Å². The molecule has 0 aliphatic carbocycles. The van der Waals surface area contributed by atoms with Crippen molar-refractivity contribution in [3.05, 3.63) is 34.6 Å². The predicted octanol–water partition coefficient (Wildman–Crippen LogP) is 2.50. The molecule has 0 unspecified atom stereocenters. The van der Waals surface area contributed by atoms with Crippen LogP contribution >= 0.6 is 34.7 Å². The van der Waals surface area contributed by atoms with Crippen LogP contribution in [-0.4, -0.2) is 36.8 Å². The fraction of sp³-hybridized carbons (Fsp3) is 0.308. The van der Waals surface area contributed by atoms with Gasteiger partial charge < -0.3 is 5.32 Å². The third kappa shape index (κ3) is 5.89. The number of nitrogens with zero attached hydrogens (tertiary/aromatic N) is 2. The second-order valence-corrected chi connectivity index (χ2v) is 9.14. The van der Waals surface area contributed by atoms with Gasteiger partial charge in [0.1, 0.15) is 5.82 Å². The van der Waals surface area contributed by atoms with E-state index in [-0.39, 0.29) is 27.7 Å². The van der Waals surface area contributed by atoms with Crippen LogP contribution in [0.5, 0.6) is 0 Å². The lowest BCUT2D eigenvalue weighted by atomic mass is 10.2. The van der Waals surface area contributed by atoms with Gasteiger partial charge in [0.25, 0.3) is 10.0 Å². The number of thioether (sulfide) groups is 1. The lowest BCUT2D eigenvalue weighted by molar-refractivity contribution is -0.114. The molecule has 0 radical (unpaired) electrons. The van der Waals surface area contributed by atoms with Gasteiger partial charge in [-0.05, 0) is 12.1 Å². The zero-order valence-electron chi connectivity index (χ0n) is 13.0. The third-order valence-electron chi connectivity index (χ3n) is 2.77. The highest BCUT2D eigenvalue weighted by atomic mass is 35.5. The first-order chi connectivity index (χ1) is 11.8. The number of benzene rings is 1. The maximum absolute atomic E-state index is 13.6. The van der Waals surface area contributed by atoms with Crippen molar-refractivity contribution < 1.29 is 17.6 Å². The zero-order chi connectivity index (χ0) is 18.4. The van der Waals surface area contributed by atoms with Crippen molar-refractivity contribution in [1.82, 2.24) is 14.9 Å². The molecule has 1 aromatic carbocycles. The summed E-state index contributed by atoms with van der Waals surface area (Å²) in [5, 5.41) is 9.93. The maximum atomic E-state index is 13.6. The molecule has 136 valence electrons. The molecule has 0 saturated heterocycles. The number of carbonyl (C=O) groups is 1. The predicted molar refractivity (Wildman–Crippen MR) is 97.0 cm³/mol. The van der Waals surface area contributed by atoms with Gasteiger partial charge in [0.05, 0.1) is 0 Å². The summed E-state index contributed by atoms with van der Waals surface area (Å²) in [4.78, 5) is 10.9. The van der Waals surface area contributed by atoms with Gasteiger partial charge in [0, 0.05) is 35.6 Å². The fourth-order valence-corrected chi connectivity index (χ4v) is 5.02. The molecule has 25 heavy (non-hydrogen) atoms. The van der Waals surface area contributed by atoms with E-state index in [4.69, 9.17) is 11.6 Å². The highest BCUT2D eigenvalue weighted by Gasteiger charge is 2.20. The Morgan fingerprint density at radius 3 is 2.84 bits per heavy atom. The Bertz CT molecular complexity index is 840. The van der Waals surface area contributed by atoms with E-state index in [1.54, 1.807) is 6.07 Å². The molecule has 0 saturated carbocycles. The van der Waals surface area contributed by atoms with Gasteiger partial charge >= 0.3 is 0 Å². The molecule has 1 amide bonds. The number of sulfonamides is 1.